The summed E-state index contributed by atoms with van der Waals surface area (Å²) in [4.78, 5) is 2.52. The largest absolute Gasteiger partial charge is 0.493 e. The lowest BCUT2D eigenvalue weighted by atomic mass is 9.95. The van der Waals surface area contributed by atoms with Crippen LogP contribution in [0.25, 0.3) is 22.0 Å². The molecule has 6 nitrogen and oxygen atoms in total. The minimum atomic E-state index is 0.688. The van der Waals surface area contributed by atoms with Gasteiger partial charge in [-0.2, -0.15) is 4.57 Å². The van der Waals surface area contributed by atoms with Crippen molar-refractivity contribution < 1.29 is 23.5 Å². The Morgan fingerprint density at radius 3 is 2.42 bits per heavy atom. The van der Waals surface area contributed by atoms with Gasteiger partial charge in [-0.25, -0.2) is 0 Å². The van der Waals surface area contributed by atoms with E-state index < -0.39 is 0 Å². The number of rotatable bonds is 8. The van der Waals surface area contributed by atoms with Gasteiger partial charge in [0.2, 0.25) is 5.69 Å². The molecule has 0 amide bonds. The number of likely N-dealkylation sites (tertiary alicyclic amines) is 1. The molecule has 0 bridgehead atoms. The van der Waals surface area contributed by atoms with Crippen molar-refractivity contribution >= 4 is 10.8 Å². The van der Waals surface area contributed by atoms with Crippen molar-refractivity contribution in [1.82, 2.24) is 4.90 Å². The third-order valence-electron chi connectivity index (χ3n) is 6.87. The molecule has 33 heavy (non-hydrogen) atoms. The van der Waals surface area contributed by atoms with Crippen LogP contribution < -0.4 is 23.5 Å². The minimum Gasteiger partial charge on any atom is -0.493 e. The molecule has 1 saturated heterocycles. The second-order valence-electron chi connectivity index (χ2n) is 8.82. The lowest BCUT2D eigenvalue weighted by Gasteiger charge is -2.19. The van der Waals surface area contributed by atoms with Crippen LogP contribution in [0.5, 0.6) is 23.0 Å². The number of aryl methyl sites for hydroxylation is 2. The fraction of sp³-hybridized carbons (Fsp3) is 0.444. The van der Waals surface area contributed by atoms with Gasteiger partial charge in [0.15, 0.2) is 35.7 Å². The monoisotopic (exact) mass is 449 g/mol. The van der Waals surface area contributed by atoms with E-state index in [0.29, 0.717) is 6.61 Å². The molecule has 3 aromatic rings. The number of pyridine rings is 1. The molecule has 0 radical (unpaired) electrons. The van der Waals surface area contributed by atoms with E-state index in [9.17, 15) is 0 Å². The molecule has 2 aliphatic rings. The van der Waals surface area contributed by atoms with Crippen LogP contribution in [-0.4, -0.2) is 52.5 Å². The summed E-state index contributed by atoms with van der Waals surface area (Å²) >= 11 is 0. The second kappa shape index (κ2) is 9.48. The van der Waals surface area contributed by atoms with Gasteiger partial charge < -0.3 is 23.8 Å². The van der Waals surface area contributed by atoms with Gasteiger partial charge in [-0.3, -0.25) is 0 Å². The minimum absolute atomic E-state index is 0.688. The molecule has 6 heteroatoms. The topological polar surface area (TPSA) is 44.0 Å². The van der Waals surface area contributed by atoms with Gasteiger partial charge in [-0.1, -0.05) is 0 Å². The first-order chi connectivity index (χ1) is 16.2. The Bertz CT molecular complexity index is 1150. The summed E-state index contributed by atoms with van der Waals surface area (Å²) in [5.41, 5.74) is 3.64. The number of hydrogen-bond donors (Lipinski definition) is 0. The van der Waals surface area contributed by atoms with Crippen molar-refractivity contribution in [2.45, 2.75) is 32.2 Å². The molecular formula is C27H33N2O4+. The van der Waals surface area contributed by atoms with Crippen molar-refractivity contribution in [3.63, 3.8) is 0 Å². The van der Waals surface area contributed by atoms with E-state index in [1.165, 1.54) is 42.8 Å². The average Bonchev–Trinajstić information content (AvgIpc) is 3.38. The van der Waals surface area contributed by atoms with Crippen LogP contribution in [0.4, 0.5) is 0 Å². The molecule has 2 aromatic carbocycles. The second-order valence-corrected chi connectivity index (χ2v) is 8.82. The third kappa shape index (κ3) is 4.20. The van der Waals surface area contributed by atoms with E-state index in [4.69, 9.17) is 18.9 Å². The highest BCUT2D eigenvalue weighted by Crippen LogP contribution is 2.40. The van der Waals surface area contributed by atoms with Gasteiger partial charge in [0.1, 0.15) is 0 Å². The molecular weight excluding hydrogens is 416 g/mol. The van der Waals surface area contributed by atoms with E-state index in [1.54, 1.807) is 21.3 Å². The fourth-order valence-electron chi connectivity index (χ4n) is 5.11. The summed E-state index contributed by atoms with van der Waals surface area (Å²) in [5.74, 6) is 3.15. The first kappa shape index (κ1) is 21.8. The number of aromatic nitrogens is 1. The summed E-state index contributed by atoms with van der Waals surface area (Å²) in [5, 5.41) is 2.22. The molecule has 1 aromatic heterocycles. The van der Waals surface area contributed by atoms with Crippen molar-refractivity contribution in [2.24, 2.45) is 0 Å². The van der Waals surface area contributed by atoms with Gasteiger partial charge in [0.05, 0.1) is 38.9 Å². The molecule has 1 fully saturated rings. The molecule has 2 aliphatic heterocycles. The number of ether oxygens (including phenoxy) is 4. The molecule has 0 saturated carbocycles. The number of nitrogens with zero attached hydrogens (tertiary/aromatic N) is 2. The van der Waals surface area contributed by atoms with Crippen molar-refractivity contribution in [1.29, 1.82) is 0 Å². The zero-order valence-electron chi connectivity index (χ0n) is 19.9. The molecule has 174 valence electrons. The van der Waals surface area contributed by atoms with Gasteiger partial charge in [0, 0.05) is 19.0 Å². The Morgan fingerprint density at radius 2 is 1.67 bits per heavy atom. The summed E-state index contributed by atoms with van der Waals surface area (Å²) < 4.78 is 25.4. The van der Waals surface area contributed by atoms with E-state index in [0.717, 1.165) is 59.7 Å². The molecule has 3 heterocycles. The number of benzene rings is 2. The molecule has 0 atom stereocenters. The highest BCUT2D eigenvalue weighted by Gasteiger charge is 2.27. The SMILES string of the molecule is COc1cc2c(cc1OC)-c1cc3ccc(OC)c(OCCCN4CCCC4)c3c[n+]1CC2. The maximum atomic E-state index is 6.33. The molecule has 0 spiro atoms. The van der Waals surface area contributed by atoms with Crippen LogP contribution in [0, 0.1) is 0 Å². The molecule has 5 rings (SSSR count). The lowest BCUT2D eigenvalue weighted by Crippen LogP contribution is -2.40. The van der Waals surface area contributed by atoms with E-state index in [1.807, 2.05) is 6.07 Å². The van der Waals surface area contributed by atoms with Crippen molar-refractivity contribution in [3.05, 3.63) is 42.1 Å². The average molecular weight is 450 g/mol. The zero-order valence-corrected chi connectivity index (χ0v) is 19.9. The van der Waals surface area contributed by atoms with Crippen LogP contribution in [0.3, 0.4) is 0 Å². The first-order valence-electron chi connectivity index (χ1n) is 11.9. The predicted octanol–water partition coefficient (Wildman–Crippen LogP) is 4.24. The van der Waals surface area contributed by atoms with Crippen molar-refractivity contribution in [2.75, 3.05) is 47.6 Å². The summed E-state index contributed by atoms with van der Waals surface area (Å²) in [6.07, 6.45) is 6.81. The molecule has 0 unspecified atom stereocenters. The van der Waals surface area contributed by atoms with Gasteiger partial charge >= 0.3 is 0 Å². The van der Waals surface area contributed by atoms with Gasteiger partial charge in [-0.15, -0.1) is 0 Å². The quantitative estimate of drug-likeness (QED) is 0.380. The third-order valence-corrected chi connectivity index (χ3v) is 6.87. The lowest BCUT2D eigenvalue weighted by molar-refractivity contribution is -0.686. The standard InChI is InChI=1S/C27H33N2O4/c1-30-24-8-7-19-15-23-21-17-26(32-3)25(31-2)16-20(21)9-13-29(23)18-22(19)27(24)33-14-6-12-28-10-4-5-11-28/h7-8,15-18H,4-6,9-14H2,1-3H3/q+1. The van der Waals surface area contributed by atoms with Gasteiger partial charge in [-0.05, 0) is 67.6 Å². The maximum Gasteiger partial charge on any atom is 0.213 e. The normalized spacial score (nSPS) is 15.2. The maximum absolute atomic E-state index is 6.33. The van der Waals surface area contributed by atoms with Gasteiger partial charge in [0.25, 0.3) is 0 Å². The number of fused-ring (bicyclic) bond motifs is 4. The summed E-state index contributed by atoms with van der Waals surface area (Å²) in [6.45, 7) is 5.13. The Hall–Kier alpha value is -2.99. The Labute approximate surface area is 195 Å². The fourth-order valence-corrected chi connectivity index (χ4v) is 5.11. The van der Waals surface area contributed by atoms with E-state index >= 15 is 0 Å². The van der Waals surface area contributed by atoms with Crippen LogP contribution in [0.1, 0.15) is 24.8 Å². The van der Waals surface area contributed by atoms with E-state index in [-0.39, 0.29) is 0 Å². The van der Waals surface area contributed by atoms with Crippen molar-refractivity contribution in [3.8, 4) is 34.3 Å². The van der Waals surface area contributed by atoms with Crippen LogP contribution in [0.15, 0.2) is 36.5 Å². The van der Waals surface area contributed by atoms with Crippen LogP contribution >= 0.6 is 0 Å². The summed E-state index contributed by atoms with van der Waals surface area (Å²) in [6, 6.07) is 10.6. The zero-order chi connectivity index (χ0) is 22.8. The Kier molecular flexibility index (Phi) is 6.27. The Morgan fingerprint density at radius 1 is 0.909 bits per heavy atom. The highest BCUT2D eigenvalue weighted by molar-refractivity contribution is 5.91. The summed E-state index contributed by atoms with van der Waals surface area (Å²) in [7, 11) is 5.07. The van der Waals surface area contributed by atoms with Crippen LogP contribution in [-0.2, 0) is 13.0 Å². The molecule has 0 N–H and O–H groups in total. The highest BCUT2D eigenvalue weighted by atomic mass is 16.5. The molecule has 0 aliphatic carbocycles. The van der Waals surface area contributed by atoms with E-state index in [2.05, 4.69) is 39.9 Å². The number of hydrogen-bond acceptors (Lipinski definition) is 5. The Balaban J connectivity index is 1.48. The number of methoxy groups -OCH3 is 3. The van der Waals surface area contributed by atoms with Crippen LogP contribution in [0.2, 0.25) is 0 Å². The smallest absolute Gasteiger partial charge is 0.213 e. The predicted molar refractivity (Wildman–Crippen MR) is 129 cm³/mol. The first-order valence-corrected chi connectivity index (χ1v) is 11.9.